The van der Waals surface area contributed by atoms with Gasteiger partial charge in [-0.25, -0.2) is 0 Å². The van der Waals surface area contributed by atoms with Crippen molar-refractivity contribution in [2.45, 2.75) is 62.7 Å². The van der Waals surface area contributed by atoms with Crippen LogP contribution in [0.2, 0.25) is 0 Å². The molecular weight excluding hydrogens is 232 g/mol. The van der Waals surface area contributed by atoms with Crippen LogP contribution in [0.25, 0.3) is 0 Å². The van der Waals surface area contributed by atoms with Gasteiger partial charge in [0.25, 0.3) is 0 Å². The molecule has 0 aromatic rings. The maximum Gasteiger partial charge on any atom is 0.220 e. The fourth-order valence-corrected chi connectivity index (χ4v) is 3.22. The Morgan fingerprint density at radius 2 is 2.18 bits per heavy atom. The van der Waals surface area contributed by atoms with Crippen molar-refractivity contribution in [2.75, 3.05) is 12.8 Å². The predicted molar refractivity (Wildman–Crippen MR) is 75.2 cm³/mol. The number of amides is 1. The van der Waals surface area contributed by atoms with Gasteiger partial charge in [0.1, 0.15) is 0 Å². The number of nitrogens with two attached hydrogens (primary N) is 1. The SMILES string of the molecule is CSC1CCCC(NC(=O)CCCCCN)C1. The summed E-state index contributed by atoms with van der Waals surface area (Å²) in [6.45, 7) is 0.736. The highest BCUT2D eigenvalue weighted by Gasteiger charge is 2.22. The molecule has 1 saturated carbocycles. The zero-order chi connectivity index (χ0) is 12.5. The molecule has 100 valence electrons. The maximum absolute atomic E-state index is 11.7. The summed E-state index contributed by atoms with van der Waals surface area (Å²) in [7, 11) is 0. The van der Waals surface area contributed by atoms with Crippen LogP contribution in [-0.4, -0.2) is 30.0 Å². The molecule has 0 aromatic carbocycles. The molecular formula is C13H26N2OS. The number of carbonyl (C=O) groups excluding carboxylic acids is 1. The number of thioether (sulfide) groups is 1. The van der Waals surface area contributed by atoms with Gasteiger partial charge in [-0.05, 0) is 44.9 Å². The molecule has 3 nitrogen and oxygen atoms in total. The lowest BCUT2D eigenvalue weighted by atomic mass is 9.95. The van der Waals surface area contributed by atoms with Crippen LogP contribution in [-0.2, 0) is 4.79 Å². The van der Waals surface area contributed by atoms with Gasteiger partial charge in [-0.2, -0.15) is 11.8 Å². The fourth-order valence-electron chi connectivity index (χ4n) is 2.40. The number of hydrogen-bond donors (Lipinski definition) is 2. The van der Waals surface area contributed by atoms with E-state index >= 15 is 0 Å². The van der Waals surface area contributed by atoms with Gasteiger partial charge in [0.05, 0.1) is 0 Å². The molecule has 17 heavy (non-hydrogen) atoms. The normalized spacial score (nSPS) is 24.6. The molecule has 3 N–H and O–H groups in total. The predicted octanol–water partition coefficient (Wildman–Crippen LogP) is 2.30. The van der Waals surface area contributed by atoms with Crippen LogP contribution in [0.3, 0.4) is 0 Å². The third-order valence-corrected chi connectivity index (χ3v) is 4.53. The number of hydrogen-bond acceptors (Lipinski definition) is 3. The molecule has 1 aliphatic rings. The average molecular weight is 258 g/mol. The number of unbranched alkanes of at least 4 members (excludes halogenated alkanes) is 2. The van der Waals surface area contributed by atoms with Gasteiger partial charge in [-0.15, -0.1) is 0 Å². The summed E-state index contributed by atoms with van der Waals surface area (Å²) in [5.41, 5.74) is 5.42. The van der Waals surface area contributed by atoms with E-state index in [4.69, 9.17) is 5.73 Å². The Bertz CT molecular complexity index is 223. The summed E-state index contributed by atoms with van der Waals surface area (Å²) in [4.78, 5) is 11.7. The van der Waals surface area contributed by atoms with Crippen molar-refractivity contribution in [3.05, 3.63) is 0 Å². The van der Waals surface area contributed by atoms with Crippen LogP contribution in [0, 0.1) is 0 Å². The molecule has 0 heterocycles. The summed E-state index contributed by atoms with van der Waals surface area (Å²) in [6.07, 6.45) is 10.8. The summed E-state index contributed by atoms with van der Waals surface area (Å²) in [5, 5.41) is 3.92. The monoisotopic (exact) mass is 258 g/mol. The van der Waals surface area contributed by atoms with Crippen LogP contribution >= 0.6 is 11.8 Å². The van der Waals surface area contributed by atoms with E-state index in [0.717, 1.165) is 43.9 Å². The third kappa shape index (κ3) is 6.32. The first-order chi connectivity index (χ1) is 8.26. The zero-order valence-corrected chi connectivity index (χ0v) is 11.7. The van der Waals surface area contributed by atoms with E-state index in [0.29, 0.717) is 12.5 Å². The zero-order valence-electron chi connectivity index (χ0n) is 10.9. The highest BCUT2D eigenvalue weighted by Crippen LogP contribution is 2.26. The Labute approximate surface area is 109 Å². The first-order valence-corrected chi connectivity index (χ1v) is 8.07. The molecule has 0 spiro atoms. The van der Waals surface area contributed by atoms with Crippen LogP contribution < -0.4 is 11.1 Å². The molecule has 0 bridgehead atoms. The van der Waals surface area contributed by atoms with E-state index in [2.05, 4.69) is 11.6 Å². The molecule has 1 rings (SSSR count). The first kappa shape index (κ1) is 14.8. The van der Waals surface area contributed by atoms with Gasteiger partial charge < -0.3 is 11.1 Å². The summed E-state index contributed by atoms with van der Waals surface area (Å²) in [5.74, 6) is 0.230. The van der Waals surface area contributed by atoms with Crippen molar-refractivity contribution >= 4 is 17.7 Å². The van der Waals surface area contributed by atoms with E-state index < -0.39 is 0 Å². The van der Waals surface area contributed by atoms with Crippen molar-refractivity contribution in [3.63, 3.8) is 0 Å². The van der Waals surface area contributed by atoms with E-state index in [-0.39, 0.29) is 5.91 Å². The smallest absolute Gasteiger partial charge is 0.220 e. The molecule has 4 heteroatoms. The average Bonchev–Trinajstić information content (AvgIpc) is 2.35. The lowest BCUT2D eigenvalue weighted by Crippen LogP contribution is -2.38. The van der Waals surface area contributed by atoms with Gasteiger partial charge in [0, 0.05) is 17.7 Å². The number of nitrogens with one attached hydrogen (secondary N) is 1. The standard InChI is InChI=1S/C13H26N2OS/c1-17-12-7-5-6-11(10-12)15-13(16)8-3-2-4-9-14/h11-12H,2-10,14H2,1H3,(H,15,16). The highest BCUT2D eigenvalue weighted by molar-refractivity contribution is 7.99. The summed E-state index contributed by atoms with van der Waals surface area (Å²) >= 11 is 1.94. The minimum atomic E-state index is 0.230. The molecule has 0 aromatic heterocycles. The Morgan fingerprint density at radius 1 is 1.35 bits per heavy atom. The van der Waals surface area contributed by atoms with Gasteiger partial charge in [-0.1, -0.05) is 12.8 Å². The Balaban J connectivity index is 2.12. The van der Waals surface area contributed by atoms with E-state index in [1.807, 2.05) is 11.8 Å². The van der Waals surface area contributed by atoms with Crippen LogP contribution in [0.5, 0.6) is 0 Å². The molecule has 2 atom stereocenters. The Kier molecular flexibility index (Phi) is 7.69. The second-order valence-corrected chi connectivity index (χ2v) is 6.03. The van der Waals surface area contributed by atoms with E-state index in [1.54, 1.807) is 0 Å². The molecule has 1 fully saturated rings. The van der Waals surface area contributed by atoms with Crippen molar-refractivity contribution in [2.24, 2.45) is 5.73 Å². The largest absolute Gasteiger partial charge is 0.353 e. The Morgan fingerprint density at radius 3 is 2.88 bits per heavy atom. The second kappa shape index (κ2) is 8.81. The third-order valence-electron chi connectivity index (χ3n) is 3.43. The van der Waals surface area contributed by atoms with Crippen LogP contribution in [0.15, 0.2) is 0 Å². The van der Waals surface area contributed by atoms with E-state index in [1.165, 1.54) is 12.8 Å². The second-order valence-electron chi connectivity index (χ2n) is 4.89. The molecule has 1 aliphatic carbocycles. The molecule has 0 radical (unpaired) electrons. The minimum absolute atomic E-state index is 0.230. The van der Waals surface area contributed by atoms with Gasteiger partial charge >= 0.3 is 0 Å². The summed E-state index contributed by atoms with van der Waals surface area (Å²) in [6, 6.07) is 0.420. The lowest BCUT2D eigenvalue weighted by Gasteiger charge is -2.28. The van der Waals surface area contributed by atoms with Crippen molar-refractivity contribution in [1.29, 1.82) is 0 Å². The van der Waals surface area contributed by atoms with Crippen molar-refractivity contribution < 1.29 is 4.79 Å². The maximum atomic E-state index is 11.7. The minimum Gasteiger partial charge on any atom is -0.353 e. The highest BCUT2D eigenvalue weighted by atomic mass is 32.2. The molecule has 0 aliphatic heterocycles. The summed E-state index contributed by atoms with van der Waals surface area (Å²) < 4.78 is 0. The Hall–Kier alpha value is -0.220. The number of carbonyl (C=O) groups is 1. The quantitative estimate of drug-likeness (QED) is 0.689. The van der Waals surface area contributed by atoms with Gasteiger partial charge in [0.15, 0.2) is 0 Å². The van der Waals surface area contributed by atoms with E-state index in [9.17, 15) is 4.79 Å². The molecule has 1 amide bonds. The van der Waals surface area contributed by atoms with Crippen molar-refractivity contribution in [1.82, 2.24) is 5.32 Å². The van der Waals surface area contributed by atoms with Crippen LogP contribution in [0.4, 0.5) is 0 Å². The number of rotatable bonds is 7. The molecule has 0 saturated heterocycles. The topological polar surface area (TPSA) is 55.1 Å². The van der Waals surface area contributed by atoms with Crippen LogP contribution in [0.1, 0.15) is 51.4 Å². The van der Waals surface area contributed by atoms with Gasteiger partial charge in [0.2, 0.25) is 5.91 Å². The first-order valence-electron chi connectivity index (χ1n) is 6.78. The van der Waals surface area contributed by atoms with Crippen molar-refractivity contribution in [3.8, 4) is 0 Å². The lowest BCUT2D eigenvalue weighted by molar-refractivity contribution is -0.122. The molecule has 2 unspecified atom stereocenters. The fraction of sp³-hybridized carbons (Fsp3) is 0.923. The van der Waals surface area contributed by atoms with Gasteiger partial charge in [-0.3, -0.25) is 4.79 Å².